The van der Waals surface area contributed by atoms with Crippen molar-refractivity contribution in [2.45, 2.75) is 37.3 Å². The molecule has 9 heteroatoms. The second-order valence-electron chi connectivity index (χ2n) is 5.39. The van der Waals surface area contributed by atoms with Crippen molar-refractivity contribution in [3.63, 3.8) is 0 Å². The fourth-order valence-electron chi connectivity index (χ4n) is 2.38. The summed E-state index contributed by atoms with van der Waals surface area (Å²) in [6, 6.07) is 0. The van der Waals surface area contributed by atoms with E-state index in [-0.39, 0.29) is 11.6 Å². The lowest BCUT2D eigenvalue weighted by molar-refractivity contribution is 0.558. The third-order valence-corrected chi connectivity index (χ3v) is 5.29. The maximum atomic E-state index is 12.3. The minimum Gasteiger partial charge on any atom is -0.317 e. The van der Waals surface area contributed by atoms with E-state index in [4.69, 9.17) is 0 Å². The molecule has 0 amide bonds. The molecular weight excluding hydrogens is 292 g/mol. The molecule has 0 saturated heterocycles. The Morgan fingerprint density at radius 1 is 1.33 bits per heavy atom. The Morgan fingerprint density at radius 2 is 2.05 bits per heavy atom. The largest absolute Gasteiger partial charge is 0.317 e. The first-order chi connectivity index (χ1) is 9.90. The first-order valence-corrected chi connectivity index (χ1v) is 8.25. The van der Waals surface area contributed by atoms with Crippen LogP contribution in [0.2, 0.25) is 0 Å². The third-order valence-electron chi connectivity index (χ3n) is 3.67. The molecule has 3 rings (SSSR count). The normalized spacial score (nSPS) is 15.6. The average molecular weight is 310 g/mol. The van der Waals surface area contributed by atoms with Crippen LogP contribution in [-0.4, -0.2) is 33.0 Å². The summed E-state index contributed by atoms with van der Waals surface area (Å²) in [5, 5.41) is 12.3. The zero-order chi connectivity index (χ0) is 15.2. The highest BCUT2D eigenvalue weighted by molar-refractivity contribution is 7.89. The Morgan fingerprint density at radius 3 is 2.62 bits per heavy atom. The van der Waals surface area contributed by atoms with Crippen LogP contribution in [0.25, 0.3) is 0 Å². The molecule has 2 aromatic rings. The van der Waals surface area contributed by atoms with Crippen LogP contribution in [0, 0.1) is 6.92 Å². The maximum Gasteiger partial charge on any atom is 0.258 e. The van der Waals surface area contributed by atoms with E-state index >= 15 is 0 Å². The van der Waals surface area contributed by atoms with Crippen LogP contribution in [0.4, 0.5) is 0 Å². The van der Waals surface area contributed by atoms with Crippen molar-refractivity contribution in [3.8, 4) is 0 Å². The molecule has 0 aliphatic heterocycles. The highest BCUT2D eigenvalue weighted by atomic mass is 32.2. The summed E-state index contributed by atoms with van der Waals surface area (Å²) in [5.41, 5.74) is 0.613. The van der Waals surface area contributed by atoms with Crippen LogP contribution in [0.15, 0.2) is 11.2 Å². The number of aryl methyl sites for hydroxylation is 2. The van der Waals surface area contributed by atoms with Gasteiger partial charge in [-0.1, -0.05) is 0 Å². The summed E-state index contributed by atoms with van der Waals surface area (Å²) in [7, 11) is -0.145. The molecule has 0 aromatic carbocycles. The van der Waals surface area contributed by atoms with Crippen LogP contribution in [0.1, 0.15) is 36.0 Å². The van der Waals surface area contributed by atoms with E-state index in [0.29, 0.717) is 17.3 Å². The fourth-order valence-corrected chi connectivity index (χ4v) is 3.70. The number of sulfonamides is 1. The number of hydrogen-bond acceptors (Lipinski definition) is 5. The Labute approximate surface area is 123 Å². The first kappa shape index (κ1) is 14.2. The van der Waals surface area contributed by atoms with Gasteiger partial charge in [0.25, 0.3) is 10.0 Å². The summed E-state index contributed by atoms with van der Waals surface area (Å²) in [5.74, 6) is 2.02. The molecule has 1 saturated carbocycles. The smallest absolute Gasteiger partial charge is 0.258 e. The van der Waals surface area contributed by atoms with E-state index in [0.717, 1.165) is 18.7 Å². The van der Waals surface area contributed by atoms with Gasteiger partial charge in [-0.25, -0.2) is 13.1 Å². The zero-order valence-corrected chi connectivity index (χ0v) is 13.1. The first-order valence-electron chi connectivity index (χ1n) is 6.76. The molecule has 1 aliphatic rings. The number of nitrogens with zero attached hydrogens (tertiary/aromatic N) is 5. The van der Waals surface area contributed by atoms with Crippen LogP contribution in [0.3, 0.4) is 0 Å². The summed E-state index contributed by atoms with van der Waals surface area (Å²) in [6.07, 6.45) is 3.79. The van der Waals surface area contributed by atoms with E-state index < -0.39 is 10.0 Å². The maximum absolute atomic E-state index is 12.3. The molecule has 1 fully saturated rings. The second kappa shape index (κ2) is 4.92. The number of rotatable bonds is 5. The SMILES string of the molecule is Cc1cnn(C)c1S(=O)(=O)NCc1nnc(C2CC2)n1C. The lowest BCUT2D eigenvalue weighted by Gasteiger charge is -2.08. The van der Waals surface area contributed by atoms with Gasteiger partial charge in [0.2, 0.25) is 0 Å². The van der Waals surface area contributed by atoms with Crippen molar-refractivity contribution in [2.75, 3.05) is 0 Å². The predicted octanol–water partition coefficient (Wildman–Crippen LogP) is 0.213. The van der Waals surface area contributed by atoms with Gasteiger partial charge in [0.15, 0.2) is 5.03 Å². The van der Waals surface area contributed by atoms with Gasteiger partial charge in [0.05, 0.1) is 12.7 Å². The van der Waals surface area contributed by atoms with Crippen molar-refractivity contribution in [2.24, 2.45) is 14.1 Å². The van der Waals surface area contributed by atoms with Crippen molar-refractivity contribution in [3.05, 3.63) is 23.4 Å². The average Bonchev–Trinajstić information content (AvgIpc) is 3.10. The van der Waals surface area contributed by atoms with Gasteiger partial charge in [0, 0.05) is 25.6 Å². The van der Waals surface area contributed by atoms with Gasteiger partial charge in [-0.05, 0) is 19.8 Å². The minimum atomic E-state index is -3.62. The Bertz CT molecular complexity index is 752. The van der Waals surface area contributed by atoms with Crippen molar-refractivity contribution in [1.29, 1.82) is 0 Å². The second-order valence-corrected chi connectivity index (χ2v) is 7.07. The summed E-state index contributed by atoms with van der Waals surface area (Å²) in [6.45, 7) is 1.83. The number of hydrogen-bond donors (Lipinski definition) is 1. The monoisotopic (exact) mass is 310 g/mol. The molecule has 2 aromatic heterocycles. The molecule has 0 unspecified atom stereocenters. The Hall–Kier alpha value is -1.74. The molecular formula is C12H18N6O2S. The lowest BCUT2D eigenvalue weighted by Crippen LogP contribution is -2.27. The molecule has 0 atom stereocenters. The van der Waals surface area contributed by atoms with Crippen LogP contribution in [-0.2, 0) is 30.7 Å². The molecule has 1 aliphatic carbocycles. The molecule has 0 bridgehead atoms. The fraction of sp³-hybridized carbons (Fsp3) is 0.583. The molecule has 0 radical (unpaired) electrons. The van der Waals surface area contributed by atoms with Gasteiger partial charge < -0.3 is 4.57 Å². The van der Waals surface area contributed by atoms with Crippen LogP contribution < -0.4 is 4.72 Å². The lowest BCUT2D eigenvalue weighted by atomic mass is 10.4. The van der Waals surface area contributed by atoms with Crippen LogP contribution >= 0.6 is 0 Å². The van der Waals surface area contributed by atoms with Crippen molar-refractivity contribution < 1.29 is 8.42 Å². The summed E-state index contributed by atoms with van der Waals surface area (Å²) < 4.78 is 30.5. The summed E-state index contributed by atoms with van der Waals surface area (Å²) in [4.78, 5) is 0. The van der Waals surface area contributed by atoms with Gasteiger partial charge in [0.1, 0.15) is 11.6 Å². The van der Waals surface area contributed by atoms with E-state index in [1.807, 2.05) is 11.6 Å². The van der Waals surface area contributed by atoms with Crippen molar-refractivity contribution >= 4 is 10.0 Å². The molecule has 8 nitrogen and oxygen atoms in total. The zero-order valence-electron chi connectivity index (χ0n) is 12.2. The number of aromatic nitrogens is 5. The highest BCUT2D eigenvalue weighted by Crippen LogP contribution is 2.38. The molecule has 2 heterocycles. The molecule has 1 N–H and O–H groups in total. The molecule has 114 valence electrons. The minimum absolute atomic E-state index is 0.114. The summed E-state index contributed by atoms with van der Waals surface area (Å²) >= 11 is 0. The predicted molar refractivity (Wildman–Crippen MR) is 74.9 cm³/mol. The van der Waals surface area contributed by atoms with Gasteiger partial charge in [-0.3, -0.25) is 4.68 Å². The van der Waals surface area contributed by atoms with Crippen molar-refractivity contribution in [1.82, 2.24) is 29.3 Å². The highest BCUT2D eigenvalue weighted by Gasteiger charge is 2.29. The van der Waals surface area contributed by atoms with Gasteiger partial charge in [-0.15, -0.1) is 10.2 Å². The van der Waals surface area contributed by atoms with Gasteiger partial charge in [-0.2, -0.15) is 5.10 Å². The number of nitrogens with one attached hydrogen (secondary N) is 1. The van der Waals surface area contributed by atoms with E-state index in [2.05, 4.69) is 20.0 Å². The quantitative estimate of drug-likeness (QED) is 0.852. The standard InChI is InChI=1S/C12H18N6O2S/c1-8-6-13-18(3)12(8)21(19,20)14-7-10-15-16-11(17(10)2)9-4-5-9/h6,9,14H,4-5,7H2,1-3H3. The van der Waals surface area contributed by atoms with E-state index in [1.165, 1.54) is 10.9 Å². The third kappa shape index (κ3) is 2.58. The Balaban J connectivity index is 1.78. The van der Waals surface area contributed by atoms with E-state index in [9.17, 15) is 8.42 Å². The topological polar surface area (TPSA) is 94.7 Å². The molecule has 21 heavy (non-hydrogen) atoms. The van der Waals surface area contributed by atoms with Gasteiger partial charge >= 0.3 is 0 Å². The van der Waals surface area contributed by atoms with Crippen LogP contribution in [0.5, 0.6) is 0 Å². The van der Waals surface area contributed by atoms with E-state index in [1.54, 1.807) is 14.0 Å². The molecule has 0 spiro atoms. The Kier molecular flexibility index (Phi) is 3.33.